The van der Waals surface area contributed by atoms with Gasteiger partial charge in [-0.2, -0.15) is 0 Å². The Balaban J connectivity index is 1.42. The zero-order valence-corrected chi connectivity index (χ0v) is 27.5. The minimum Gasteiger partial charge on any atom is -0.481 e. The van der Waals surface area contributed by atoms with Gasteiger partial charge in [-0.1, -0.05) is 46.8 Å². The van der Waals surface area contributed by atoms with Crippen LogP contribution in [0.1, 0.15) is 126 Å². The van der Waals surface area contributed by atoms with E-state index < -0.39 is 28.7 Å². The molecular weight excluding hydrogens is 528 g/mol. The number of fused-ring (bicyclic) bond motifs is 7. The van der Waals surface area contributed by atoms with Crippen LogP contribution < -0.4 is 0 Å². The summed E-state index contributed by atoms with van der Waals surface area (Å²) in [6, 6.07) is 0. The average Bonchev–Trinajstić information content (AvgIpc) is 3.27. The molecule has 0 amide bonds. The third-order valence-electron chi connectivity index (χ3n) is 14.9. The Morgan fingerprint density at radius 2 is 1.50 bits per heavy atom. The van der Waals surface area contributed by atoms with E-state index in [0.29, 0.717) is 23.7 Å². The molecule has 10 atom stereocenters. The van der Waals surface area contributed by atoms with Gasteiger partial charge in [0.2, 0.25) is 0 Å². The van der Waals surface area contributed by atoms with Crippen molar-refractivity contribution in [1.29, 1.82) is 0 Å². The molecule has 6 nitrogen and oxygen atoms in total. The standard InChI is InChI=1S/C36H56O6/c1-21(2)22-12-17-36(30(40)41)19-18-34(8)23(28(22)36)10-11-25-33(7)15-14-26(42-27(37)20-31(3,4)29(38)39)32(5,6)24(33)13-16-35(25,34)9/h22-26,28H,1,10-20H2,2-9H3,(H,38,39)(H,40,41)/t22-,23+,24-,25+,26?,28+,33-,34+,35+,36-/m0/s1. The van der Waals surface area contributed by atoms with E-state index in [-0.39, 0.29) is 40.1 Å². The predicted molar refractivity (Wildman–Crippen MR) is 163 cm³/mol. The number of carbonyl (C=O) groups is 3. The van der Waals surface area contributed by atoms with Crippen LogP contribution in [0.5, 0.6) is 0 Å². The quantitative estimate of drug-likeness (QED) is 0.241. The Morgan fingerprint density at radius 3 is 2.10 bits per heavy atom. The molecule has 6 heteroatoms. The van der Waals surface area contributed by atoms with Crippen LogP contribution in [0.25, 0.3) is 0 Å². The van der Waals surface area contributed by atoms with Gasteiger partial charge in [-0.05, 0) is 131 Å². The van der Waals surface area contributed by atoms with E-state index in [2.05, 4.69) is 48.1 Å². The fraction of sp³-hybridized carbons (Fsp3) is 0.861. The van der Waals surface area contributed by atoms with Crippen molar-refractivity contribution >= 4 is 17.9 Å². The molecule has 42 heavy (non-hydrogen) atoms. The maximum Gasteiger partial charge on any atom is 0.309 e. The highest BCUT2D eigenvalue weighted by atomic mass is 16.5. The minimum absolute atomic E-state index is 0.0847. The lowest BCUT2D eigenvalue weighted by molar-refractivity contribution is -0.250. The molecular formula is C36H56O6. The average molecular weight is 585 g/mol. The lowest BCUT2D eigenvalue weighted by Crippen LogP contribution is -2.67. The lowest BCUT2D eigenvalue weighted by atomic mass is 9.32. The smallest absolute Gasteiger partial charge is 0.309 e. The van der Waals surface area contributed by atoms with Crippen molar-refractivity contribution in [1.82, 2.24) is 0 Å². The molecule has 0 aromatic heterocycles. The van der Waals surface area contributed by atoms with Crippen molar-refractivity contribution in [2.75, 3.05) is 0 Å². The summed E-state index contributed by atoms with van der Waals surface area (Å²) in [5.41, 5.74) is -0.477. The van der Waals surface area contributed by atoms with Crippen LogP contribution >= 0.6 is 0 Å². The topological polar surface area (TPSA) is 101 Å². The number of hydrogen-bond acceptors (Lipinski definition) is 4. The van der Waals surface area contributed by atoms with Crippen LogP contribution in [0.2, 0.25) is 0 Å². The largest absolute Gasteiger partial charge is 0.481 e. The molecule has 5 rings (SSSR count). The molecule has 0 spiro atoms. The van der Waals surface area contributed by atoms with Crippen LogP contribution in [0.4, 0.5) is 0 Å². The number of hydrogen-bond donors (Lipinski definition) is 2. The van der Waals surface area contributed by atoms with Gasteiger partial charge in [0, 0.05) is 5.41 Å². The fourth-order valence-corrected chi connectivity index (χ4v) is 12.3. The molecule has 0 heterocycles. The SMILES string of the molecule is C=C(C)[C@@H]1CC[C@]2(C(=O)O)CC[C@]3(C)[C@H](CC[C@@H]4[C@@]5(C)CCC(OC(=O)CC(C)(C)C(=O)O)C(C)(C)[C@@H]5CC[C@]43C)[C@@H]12. The van der Waals surface area contributed by atoms with E-state index in [1.54, 1.807) is 13.8 Å². The van der Waals surface area contributed by atoms with Crippen LogP contribution in [0.3, 0.4) is 0 Å². The van der Waals surface area contributed by atoms with E-state index in [9.17, 15) is 24.6 Å². The molecule has 236 valence electrons. The summed E-state index contributed by atoms with van der Waals surface area (Å²) in [5, 5.41) is 20.1. The first-order valence-corrected chi connectivity index (χ1v) is 16.6. The Hall–Kier alpha value is -1.85. The number of carboxylic acid groups (broad SMARTS) is 2. The highest BCUT2D eigenvalue weighted by molar-refractivity contribution is 5.81. The number of rotatable bonds is 6. The third kappa shape index (κ3) is 4.19. The Bertz CT molecular complexity index is 1170. The van der Waals surface area contributed by atoms with E-state index >= 15 is 0 Å². The molecule has 5 aliphatic rings. The van der Waals surface area contributed by atoms with Gasteiger partial charge in [-0.3, -0.25) is 14.4 Å². The van der Waals surface area contributed by atoms with E-state index in [1.165, 1.54) is 0 Å². The Morgan fingerprint density at radius 1 is 0.833 bits per heavy atom. The fourth-order valence-electron chi connectivity index (χ4n) is 12.3. The van der Waals surface area contributed by atoms with Crippen molar-refractivity contribution < 1.29 is 29.3 Å². The van der Waals surface area contributed by atoms with Crippen molar-refractivity contribution in [3.63, 3.8) is 0 Å². The first kappa shape index (κ1) is 31.6. The second-order valence-electron chi connectivity index (χ2n) is 17.4. The second-order valence-corrected chi connectivity index (χ2v) is 17.4. The Labute approximate surface area is 253 Å². The highest BCUT2D eigenvalue weighted by Gasteiger charge is 2.72. The van der Waals surface area contributed by atoms with E-state index in [1.807, 2.05) is 0 Å². The molecule has 0 aromatic rings. The third-order valence-corrected chi connectivity index (χ3v) is 14.9. The van der Waals surface area contributed by atoms with Crippen LogP contribution in [0.15, 0.2) is 12.2 Å². The maximum absolute atomic E-state index is 12.9. The van der Waals surface area contributed by atoms with E-state index in [0.717, 1.165) is 69.8 Å². The second kappa shape index (κ2) is 9.83. The molecule has 0 bridgehead atoms. The molecule has 5 saturated carbocycles. The zero-order chi connectivity index (χ0) is 31.3. The highest BCUT2D eigenvalue weighted by Crippen LogP contribution is 2.77. The van der Waals surface area contributed by atoms with Gasteiger partial charge < -0.3 is 14.9 Å². The van der Waals surface area contributed by atoms with Gasteiger partial charge in [0.15, 0.2) is 0 Å². The van der Waals surface area contributed by atoms with Gasteiger partial charge in [0.1, 0.15) is 6.10 Å². The summed E-state index contributed by atoms with van der Waals surface area (Å²) >= 11 is 0. The molecule has 1 unspecified atom stereocenters. The number of ether oxygens (including phenoxy) is 1. The molecule has 0 aliphatic heterocycles. The number of allylic oxidation sites excluding steroid dienone is 1. The van der Waals surface area contributed by atoms with Gasteiger partial charge in [0.25, 0.3) is 0 Å². The van der Waals surface area contributed by atoms with Crippen molar-refractivity contribution in [3.05, 3.63) is 12.2 Å². The number of esters is 1. The summed E-state index contributed by atoms with van der Waals surface area (Å²) in [6.45, 7) is 21.7. The summed E-state index contributed by atoms with van der Waals surface area (Å²) in [4.78, 5) is 37.5. The molecule has 0 saturated heterocycles. The van der Waals surface area contributed by atoms with Crippen LogP contribution in [-0.4, -0.2) is 34.2 Å². The summed E-state index contributed by atoms with van der Waals surface area (Å²) in [5.74, 6) is -0.165. The van der Waals surface area contributed by atoms with Gasteiger partial charge in [0.05, 0.1) is 17.3 Å². The first-order chi connectivity index (χ1) is 19.3. The van der Waals surface area contributed by atoms with Crippen molar-refractivity contribution in [2.45, 2.75) is 132 Å². The zero-order valence-electron chi connectivity index (χ0n) is 27.5. The molecule has 2 N–H and O–H groups in total. The van der Waals surface area contributed by atoms with Crippen LogP contribution in [0, 0.1) is 62.1 Å². The van der Waals surface area contributed by atoms with Gasteiger partial charge in [-0.25, -0.2) is 0 Å². The summed E-state index contributed by atoms with van der Waals surface area (Å²) in [6.07, 6.45) is 9.38. The lowest BCUT2D eigenvalue weighted by Gasteiger charge is -2.72. The summed E-state index contributed by atoms with van der Waals surface area (Å²) < 4.78 is 6.10. The Kier molecular flexibility index (Phi) is 7.39. The minimum atomic E-state index is -1.15. The number of carbonyl (C=O) groups excluding carboxylic acids is 1. The van der Waals surface area contributed by atoms with Gasteiger partial charge in [-0.15, -0.1) is 0 Å². The number of aliphatic carboxylic acids is 2. The van der Waals surface area contributed by atoms with Crippen LogP contribution in [-0.2, 0) is 19.1 Å². The molecule has 0 aromatic carbocycles. The normalized spacial score (nSPS) is 45.9. The molecule has 0 radical (unpaired) electrons. The molecule has 5 aliphatic carbocycles. The monoisotopic (exact) mass is 584 g/mol. The van der Waals surface area contributed by atoms with Gasteiger partial charge >= 0.3 is 17.9 Å². The first-order valence-electron chi connectivity index (χ1n) is 16.6. The maximum atomic E-state index is 12.9. The summed E-state index contributed by atoms with van der Waals surface area (Å²) in [7, 11) is 0. The molecule has 5 fully saturated rings. The van der Waals surface area contributed by atoms with E-state index in [4.69, 9.17) is 4.74 Å². The van der Waals surface area contributed by atoms with Crippen molar-refractivity contribution in [3.8, 4) is 0 Å². The number of carboxylic acids is 2. The van der Waals surface area contributed by atoms with Crippen molar-refractivity contribution in [2.24, 2.45) is 62.1 Å². The predicted octanol–water partition coefficient (Wildman–Crippen LogP) is 8.14.